The monoisotopic (exact) mass is 479 g/mol. The summed E-state index contributed by atoms with van der Waals surface area (Å²) in [6, 6.07) is 2.26. The average molecular weight is 480 g/mol. The van der Waals surface area contributed by atoms with Crippen molar-refractivity contribution < 1.29 is 19.0 Å². The van der Waals surface area contributed by atoms with Crippen molar-refractivity contribution in [2.45, 2.75) is 91.0 Å². The lowest BCUT2D eigenvalue weighted by molar-refractivity contribution is -0.136. The zero-order chi connectivity index (χ0) is 24.7. The number of carbonyl (C=O) groups is 1. The van der Waals surface area contributed by atoms with E-state index in [1.807, 2.05) is 6.92 Å². The highest BCUT2D eigenvalue weighted by atomic mass is 19.1. The molecule has 35 heavy (non-hydrogen) atoms. The normalized spacial score (nSPS) is 19.0. The van der Waals surface area contributed by atoms with Gasteiger partial charge in [0.05, 0.1) is 13.0 Å². The second-order valence-electron chi connectivity index (χ2n) is 10.7. The van der Waals surface area contributed by atoms with Crippen LogP contribution in [0.2, 0.25) is 0 Å². The first-order valence-electron chi connectivity index (χ1n) is 13.4. The van der Waals surface area contributed by atoms with Crippen molar-refractivity contribution >= 4 is 5.97 Å². The van der Waals surface area contributed by atoms with Crippen molar-refractivity contribution in [3.8, 4) is 16.9 Å². The Bertz CT molecular complexity index is 1150. The third-order valence-corrected chi connectivity index (χ3v) is 8.82. The first-order valence-corrected chi connectivity index (χ1v) is 13.4. The molecule has 3 aliphatic rings. The quantitative estimate of drug-likeness (QED) is 0.575. The topological polar surface area (TPSA) is 49.8 Å². The van der Waals surface area contributed by atoms with Crippen LogP contribution in [0.3, 0.4) is 0 Å². The highest BCUT2D eigenvalue weighted by Crippen LogP contribution is 2.43. The maximum atomic E-state index is 15.2. The molecule has 5 heteroatoms. The van der Waals surface area contributed by atoms with E-state index in [1.54, 1.807) is 6.07 Å². The summed E-state index contributed by atoms with van der Waals surface area (Å²) in [6.45, 7) is 8.88. The molecule has 0 spiro atoms. The van der Waals surface area contributed by atoms with Crippen molar-refractivity contribution in [1.29, 1.82) is 0 Å². The number of fused-ring (bicyclic) bond motifs is 2. The summed E-state index contributed by atoms with van der Waals surface area (Å²) < 4.78 is 20.9. The predicted molar refractivity (Wildman–Crippen MR) is 137 cm³/mol. The molecule has 0 amide bonds. The molecular weight excluding hydrogens is 441 g/mol. The lowest BCUT2D eigenvalue weighted by atomic mass is 9.80. The molecule has 2 aliphatic heterocycles. The van der Waals surface area contributed by atoms with Crippen molar-refractivity contribution in [2.24, 2.45) is 0 Å². The molecule has 0 bridgehead atoms. The average Bonchev–Trinajstić information content (AvgIpc) is 3.09. The molecule has 0 unspecified atom stereocenters. The number of rotatable bonds is 4. The number of carboxylic acid groups (broad SMARTS) is 1. The molecule has 0 aromatic heterocycles. The number of nitrogens with zero attached hydrogens (tertiary/aromatic N) is 1. The highest BCUT2D eigenvalue weighted by Gasteiger charge is 2.29. The van der Waals surface area contributed by atoms with Gasteiger partial charge in [-0.2, -0.15) is 0 Å². The predicted octanol–water partition coefficient (Wildman–Crippen LogP) is 6.10. The maximum absolute atomic E-state index is 15.2. The van der Waals surface area contributed by atoms with Gasteiger partial charge in [0.1, 0.15) is 0 Å². The first-order chi connectivity index (χ1) is 16.9. The summed E-state index contributed by atoms with van der Waals surface area (Å²) in [4.78, 5) is 14.7. The number of ether oxygens (including phenoxy) is 1. The fourth-order valence-corrected chi connectivity index (χ4v) is 6.96. The number of halogens is 1. The zero-order valence-electron chi connectivity index (χ0n) is 21.4. The van der Waals surface area contributed by atoms with Gasteiger partial charge in [-0.25, -0.2) is 4.39 Å². The van der Waals surface area contributed by atoms with Crippen LogP contribution in [0.15, 0.2) is 6.07 Å². The Morgan fingerprint density at radius 2 is 1.66 bits per heavy atom. The summed E-state index contributed by atoms with van der Waals surface area (Å²) in [6.07, 6.45) is 10.1. The van der Waals surface area contributed by atoms with E-state index in [0.29, 0.717) is 18.4 Å². The van der Waals surface area contributed by atoms with Crippen LogP contribution < -0.4 is 4.74 Å². The fraction of sp³-hybridized carbons (Fsp3) is 0.567. The Hall–Kier alpha value is -2.40. The van der Waals surface area contributed by atoms with Crippen molar-refractivity contribution in [1.82, 2.24) is 4.90 Å². The third kappa shape index (κ3) is 4.48. The van der Waals surface area contributed by atoms with Crippen LogP contribution >= 0.6 is 0 Å². The zero-order valence-corrected chi connectivity index (χ0v) is 21.4. The molecule has 5 rings (SSSR count). The van der Waals surface area contributed by atoms with Crippen LogP contribution in [0.4, 0.5) is 4.39 Å². The minimum Gasteiger partial charge on any atom is -0.490 e. The van der Waals surface area contributed by atoms with Gasteiger partial charge in [0, 0.05) is 24.7 Å². The molecule has 1 fully saturated rings. The van der Waals surface area contributed by atoms with Gasteiger partial charge in [-0.05, 0) is 110 Å². The van der Waals surface area contributed by atoms with Crippen LogP contribution in [-0.4, -0.2) is 41.7 Å². The highest BCUT2D eigenvalue weighted by molar-refractivity contribution is 5.83. The Morgan fingerprint density at radius 1 is 0.971 bits per heavy atom. The molecule has 1 N–H and O–H groups in total. The summed E-state index contributed by atoms with van der Waals surface area (Å²) >= 11 is 0. The number of aliphatic carboxylic acids is 1. The van der Waals surface area contributed by atoms with Gasteiger partial charge in [-0.1, -0.05) is 19.3 Å². The molecule has 1 aliphatic carbocycles. The van der Waals surface area contributed by atoms with Gasteiger partial charge in [0.25, 0.3) is 0 Å². The Balaban J connectivity index is 1.63. The minimum atomic E-state index is -0.842. The van der Waals surface area contributed by atoms with Gasteiger partial charge < -0.3 is 9.84 Å². The van der Waals surface area contributed by atoms with Crippen LogP contribution in [0.25, 0.3) is 11.1 Å². The lowest BCUT2D eigenvalue weighted by Gasteiger charge is -2.33. The molecule has 0 radical (unpaired) electrons. The molecule has 2 aromatic rings. The van der Waals surface area contributed by atoms with E-state index < -0.39 is 5.97 Å². The Labute approximate surface area is 208 Å². The van der Waals surface area contributed by atoms with Crippen LogP contribution in [-0.2, 0) is 30.5 Å². The molecule has 2 heterocycles. The second kappa shape index (κ2) is 9.93. The van der Waals surface area contributed by atoms with Crippen molar-refractivity contribution in [3.63, 3.8) is 0 Å². The maximum Gasteiger partial charge on any atom is 0.307 e. The van der Waals surface area contributed by atoms with Crippen molar-refractivity contribution in [3.05, 3.63) is 50.8 Å². The van der Waals surface area contributed by atoms with E-state index in [-0.39, 0.29) is 12.2 Å². The molecule has 0 atom stereocenters. The standard InChI is InChI=1S/C30H38FNO3/c1-18-22-11-13-32(21-8-5-4-6-9-21)14-12-23(22)20(3)29(26(18)17-28(33)34)25-16-27(31)30-24(19(25)2)10-7-15-35-30/h16,21H,4-15,17H2,1-3H3,(H,33,34). The van der Waals surface area contributed by atoms with E-state index in [1.165, 1.54) is 43.2 Å². The van der Waals surface area contributed by atoms with E-state index in [2.05, 4.69) is 18.7 Å². The smallest absolute Gasteiger partial charge is 0.307 e. The molecule has 4 nitrogen and oxygen atoms in total. The van der Waals surface area contributed by atoms with Crippen LogP contribution in [0.5, 0.6) is 5.75 Å². The van der Waals surface area contributed by atoms with Crippen LogP contribution in [0.1, 0.15) is 77.5 Å². The minimum absolute atomic E-state index is 0.0454. The van der Waals surface area contributed by atoms with E-state index in [4.69, 9.17) is 4.74 Å². The van der Waals surface area contributed by atoms with Crippen LogP contribution in [0, 0.1) is 26.6 Å². The molecule has 2 aromatic carbocycles. The SMILES string of the molecule is Cc1c(-c2c(C)c3c(c(C)c2CC(=O)O)CCN(C2CCCCC2)CC3)cc(F)c2c1CCCO2. The number of hydrogen-bond acceptors (Lipinski definition) is 3. The summed E-state index contributed by atoms with van der Waals surface area (Å²) in [5.74, 6) is -0.799. The largest absolute Gasteiger partial charge is 0.490 e. The number of hydrogen-bond donors (Lipinski definition) is 1. The van der Waals surface area contributed by atoms with Gasteiger partial charge >= 0.3 is 5.97 Å². The molecule has 188 valence electrons. The second-order valence-corrected chi connectivity index (χ2v) is 10.7. The lowest BCUT2D eigenvalue weighted by Crippen LogP contribution is -2.38. The molecule has 1 saturated carbocycles. The van der Waals surface area contributed by atoms with Gasteiger partial charge in [0.2, 0.25) is 0 Å². The van der Waals surface area contributed by atoms with Crippen molar-refractivity contribution in [2.75, 3.05) is 19.7 Å². The van der Waals surface area contributed by atoms with Gasteiger partial charge in [0.15, 0.2) is 11.6 Å². The number of carboxylic acids is 1. The summed E-state index contributed by atoms with van der Waals surface area (Å²) in [5, 5.41) is 9.84. The molecular formula is C30H38FNO3. The van der Waals surface area contributed by atoms with E-state index in [9.17, 15) is 9.90 Å². The fourth-order valence-electron chi connectivity index (χ4n) is 6.96. The molecule has 0 saturated heterocycles. The van der Waals surface area contributed by atoms with E-state index in [0.717, 1.165) is 77.7 Å². The Morgan fingerprint density at radius 3 is 2.34 bits per heavy atom. The number of benzene rings is 2. The van der Waals surface area contributed by atoms with E-state index >= 15 is 4.39 Å². The Kier molecular flexibility index (Phi) is 6.89. The third-order valence-electron chi connectivity index (χ3n) is 8.82. The first kappa shape index (κ1) is 24.3. The van der Waals surface area contributed by atoms with Gasteiger partial charge in [-0.15, -0.1) is 0 Å². The van der Waals surface area contributed by atoms with Gasteiger partial charge in [-0.3, -0.25) is 9.69 Å². The summed E-state index contributed by atoms with van der Waals surface area (Å²) in [5.41, 5.74) is 9.45. The summed E-state index contributed by atoms with van der Waals surface area (Å²) in [7, 11) is 0.